The van der Waals surface area contributed by atoms with Gasteiger partial charge in [0.2, 0.25) is 0 Å². The zero-order valence-corrected chi connectivity index (χ0v) is 11.5. The van der Waals surface area contributed by atoms with Gasteiger partial charge in [-0.2, -0.15) is 0 Å². The molecule has 0 spiro atoms. The van der Waals surface area contributed by atoms with E-state index in [2.05, 4.69) is 5.32 Å². The van der Waals surface area contributed by atoms with Gasteiger partial charge in [-0.15, -0.1) is 0 Å². The van der Waals surface area contributed by atoms with E-state index in [4.69, 9.17) is 15.9 Å². The van der Waals surface area contributed by atoms with Gasteiger partial charge in [-0.25, -0.2) is 4.79 Å². The van der Waals surface area contributed by atoms with Crippen molar-refractivity contribution in [2.45, 2.75) is 56.7 Å². The summed E-state index contributed by atoms with van der Waals surface area (Å²) in [6, 6.07) is -2.13. The van der Waals surface area contributed by atoms with E-state index in [0.29, 0.717) is 12.3 Å². The number of hydrogen-bond acceptors (Lipinski definition) is 5. The molecule has 0 bridgehead atoms. The molecule has 116 valence electrons. The maximum atomic E-state index is 11.7. The molecule has 1 unspecified atom stereocenters. The zero-order chi connectivity index (χ0) is 15.1. The van der Waals surface area contributed by atoms with Gasteiger partial charge in [0.25, 0.3) is 5.91 Å². The number of aliphatic carboxylic acids is 1. The van der Waals surface area contributed by atoms with Crippen LogP contribution in [0.2, 0.25) is 0 Å². The fourth-order valence-electron chi connectivity index (χ4n) is 2.57. The molecule has 7 nitrogen and oxygen atoms in total. The van der Waals surface area contributed by atoms with Gasteiger partial charge in [-0.3, -0.25) is 4.79 Å². The highest BCUT2D eigenvalue weighted by atomic mass is 16.4. The molecule has 3 atom stereocenters. The second-order valence-corrected chi connectivity index (χ2v) is 5.43. The first-order valence-corrected chi connectivity index (χ1v) is 7.03. The van der Waals surface area contributed by atoms with Crippen LogP contribution >= 0.6 is 0 Å². The predicted molar refractivity (Wildman–Crippen MR) is 71.8 cm³/mol. The minimum atomic E-state index is -1.45. The van der Waals surface area contributed by atoms with Gasteiger partial charge in [0.1, 0.15) is 12.1 Å². The van der Waals surface area contributed by atoms with E-state index in [-0.39, 0.29) is 0 Å². The Morgan fingerprint density at radius 3 is 2.35 bits per heavy atom. The Balaban J connectivity index is 2.43. The Kier molecular flexibility index (Phi) is 6.90. The van der Waals surface area contributed by atoms with Gasteiger partial charge < -0.3 is 26.4 Å². The molecular formula is C13H24N2O5. The Labute approximate surface area is 118 Å². The third-order valence-corrected chi connectivity index (χ3v) is 3.80. The number of hydrogen-bond donors (Lipinski definition) is 5. The smallest absolute Gasteiger partial charge is 0.328 e. The first-order chi connectivity index (χ1) is 9.45. The average Bonchev–Trinajstić information content (AvgIpc) is 2.44. The molecule has 0 aromatic heterocycles. The third-order valence-electron chi connectivity index (χ3n) is 3.80. The SMILES string of the molecule is N[C@H](CC1CCCCC1)[C@@H](O)C(=O)NC(CO)C(=O)O. The molecule has 0 heterocycles. The largest absolute Gasteiger partial charge is 0.480 e. The number of carboxylic acid groups (broad SMARTS) is 1. The van der Waals surface area contributed by atoms with Crippen LogP contribution in [0.5, 0.6) is 0 Å². The van der Waals surface area contributed by atoms with Crippen LogP contribution in [0.15, 0.2) is 0 Å². The van der Waals surface area contributed by atoms with Crippen molar-refractivity contribution in [1.29, 1.82) is 0 Å². The van der Waals surface area contributed by atoms with Crippen molar-refractivity contribution >= 4 is 11.9 Å². The van der Waals surface area contributed by atoms with Crippen LogP contribution in [-0.2, 0) is 9.59 Å². The molecule has 1 rings (SSSR count). The zero-order valence-electron chi connectivity index (χ0n) is 11.5. The fourth-order valence-corrected chi connectivity index (χ4v) is 2.57. The molecule has 1 fully saturated rings. The van der Waals surface area contributed by atoms with E-state index in [1.165, 1.54) is 6.42 Å². The lowest BCUT2D eigenvalue weighted by atomic mass is 9.84. The average molecular weight is 288 g/mol. The number of aliphatic hydroxyl groups excluding tert-OH is 2. The van der Waals surface area contributed by atoms with E-state index in [1.807, 2.05) is 0 Å². The van der Waals surface area contributed by atoms with Crippen LogP contribution in [-0.4, -0.2) is 52.0 Å². The molecule has 1 aliphatic rings. The highest BCUT2D eigenvalue weighted by molar-refractivity contribution is 5.86. The number of nitrogens with one attached hydrogen (secondary N) is 1. The normalized spacial score (nSPS) is 20.9. The fraction of sp³-hybridized carbons (Fsp3) is 0.846. The maximum Gasteiger partial charge on any atom is 0.328 e. The molecular weight excluding hydrogens is 264 g/mol. The van der Waals surface area contributed by atoms with Crippen molar-refractivity contribution in [2.24, 2.45) is 11.7 Å². The molecule has 1 aliphatic carbocycles. The van der Waals surface area contributed by atoms with E-state index < -0.39 is 36.7 Å². The van der Waals surface area contributed by atoms with Crippen molar-refractivity contribution < 1.29 is 24.9 Å². The van der Waals surface area contributed by atoms with Gasteiger partial charge in [-0.1, -0.05) is 32.1 Å². The minimum absolute atomic E-state index is 0.411. The summed E-state index contributed by atoms with van der Waals surface area (Å²) in [5.74, 6) is -1.79. The quantitative estimate of drug-likeness (QED) is 0.417. The molecule has 0 radical (unpaired) electrons. The number of nitrogens with two attached hydrogens (primary N) is 1. The van der Waals surface area contributed by atoms with Crippen LogP contribution in [0.25, 0.3) is 0 Å². The first kappa shape index (κ1) is 16.9. The molecule has 0 saturated heterocycles. The summed E-state index contributed by atoms with van der Waals surface area (Å²) in [4.78, 5) is 22.4. The number of carboxylic acids is 1. The molecule has 0 aromatic carbocycles. The summed E-state index contributed by atoms with van der Waals surface area (Å²) in [5.41, 5.74) is 5.82. The van der Waals surface area contributed by atoms with Crippen LogP contribution in [0.1, 0.15) is 38.5 Å². The van der Waals surface area contributed by atoms with E-state index in [0.717, 1.165) is 25.7 Å². The molecule has 1 amide bonds. The molecule has 0 aromatic rings. The Bertz CT molecular complexity index is 331. The van der Waals surface area contributed by atoms with E-state index in [1.54, 1.807) is 0 Å². The lowest BCUT2D eigenvalue weighted by Gasteiger charge is -2.27. The van der Waals surface area contributed by atoms with Gasteiger partial charge in [0.05, 0.1) is 6.61 Å². The second-order valence-electron chi connectivity index (χ2n) is 5.43. The van der Waals surface area contributed by atoms with Crippen LogP contribution in [0, 0.1) is 5.92 Å². The maximum absolute atomic E-state index is 11.7. The van der Waals surface area contributed by atoms with Crippen molar-refractivity contribution in [3.8, 4) is 0 Å². The summed E-state index contributed by atoms with van der Waals surface area (Å²) in [6.07, 6.45) is 4.70. The van der Waals surface area contributed by atoms with Crippen LogP contribution in [0.4, 0.5) is 0 Å². The lowest BCUT2D eigenvalue weighted by Crippen LogP contribution is -2.52. The highest BCUT2D eigenvalue weighted by Gasteiger charge is 2.29. The van der Waals surface area contributed by atoms with Crippen molar-refractivity contribution in [3.63, 3.8) is 0 Å². The third kappa shape index (κ3) is 5.07. The minimum Gasteiger partial charge on any atom is -0.480 e. The number of rotatable bonds is 7. The monoisotopic (exact) mass is 288 g/mol. The Hall–Kier alpha value is -1.18. The van der Waals surface area contributed by atoms with E-state index in [9.17, 15) is 14.7 Å². The molecule has 6 N–H and O–H groups in total. The molecule has 20 heavy (non-hydrogen) atoms. The first-order valence-electron chi connectivity index (χ1n) is 7.03. The number of carbonyl (C=O) groups excluding carboxylic acids is 1. The van der Waals surface area contributed by atoms with Crippen molar-refractivity contribution in [3.05, 3.63) is 0 Å². The molecule has 0 aliphatic heterocycles. The lowest BCUT2D eigenvalue weighted by molar-refractivity contribution is -0.144. The predicted octanol–water partition coefficient (Wildman–Crippen LogP) is -0.793. The van der Waals surface area contributed by atoms with Crippen molar-refractivity contribution in [2.75, 3.05) is 6.61 Å². The molecule has 1 saturated carbocycles. The molecule has 7 heteroatoms. The van der Waals surface area contributed by atoms with Crippen molar-refractivity contribution in [1.82, 2.24) is 5.32 Å². The van der Waals surface area contributed by atoms with Gasteiger partial charge in [-0.05, 0) is 12.3 Å². The standard InChI is InChI=1S/C13H24N2O5/c14-9(6-8-4-2-1-3-5-8)11(17)12(18)15-10(7-16)13(19)20/h8-11,16-17H,1-7,14H2,(H,15,18)(H,19,20)/t9-,10?,11-/m1/s1. The summed E-state index contributed by atoms with van der Waals surface area (Å²) < 4.78 is 0. The summed E-state index contributed by atoms with van der Waals surface area (Å²) in [7, 11) is 0. The topological polar surface area (TPSA) is 133 Å². The number of amides is 1. The summed E-state index contributed by atoms with van der Waals surface area (Å²) >= 11 is 0. The van der Waals surface area contributed by atoms with Crippen LogP contribution in [0.3, 0.4) is 0 Å². The number of aliphatic hydroxyl groups is 2. The van der Waals surface area contributed by atoms with Gasteiger partial charge >= 0.3 is 5.97 Å². The van der Waals surface area contributed by atoms with E-state index >= 15 is 0 Å². The number of carbonyl (C=O) groups is 2. The van der Waals surface area contributed by atoms with Gasteiger partial charge in [0, 0.05) is 6.04 Å². The Morgan fingerprint density at radius 2 is 1.85 bits per heavy atom. The summed E-state index contributed by atoms with van der Waals surface area (Å²) in [5, 5.41) is 29.4. The van der Waals surface area contributed by atoms with Crippen LogP contribution < -0.4 is 11.1 Å². The van der Waals surface area contributed by atoms with Gasteiger partial charge in [0.15, 0.2) is 0 Å². The second kappa shape index (κ2) is 8.18. The summed E-state index contributed by atoms with van der Waals surface area (Å²) in [6.45, 7) is -0.730. The highest BCUT2D eigenvalue weighted by Crippen LogP contribution is 2.27. The Morgan fingerprint density at radius 1 is 1.25 bits per heavy atom.